The average Bonchev–Trinajstić information content (AvgIpc) is 3.23. The van der Waals surface area contributed by atoms with Crippen LogP contribution in [-0.2, 0) is 19.1 Å². The SMILES string of the molecule is COC1CC(=O)C23C(=O)NC(CC(C)C)C2C(C)=CC(O)C3/C=C/CCC2OC12C. The number of methoxy groups -OCH3 is 1. The van der Waals surface area contributed by atoms with Crippen molar-refractivity contribution in [3.63, 3.8) is 0 Å². The van der Waals surface area contributed by atoms with Gasteiger partial charge in [0.25, 0.3) is 0 Å². The van der Waals surface area contributed by atoms with Crippen LogP contribution in [0.5, 0.6) is 0 Å². The van der Waals surface area contributed by atoms with Crippen LogP contribution < -0.4 is 5.32 Å². The van der Waals surface area contributed by atoms with E-state index in [4.69, 9.17) is 9.47 Å². The summed E-state index contributed by atoms with van der Waals surface area (Å²) < 4.78 is 11.7. The van der Waals surface area contributed by atoms with Crippen molar-refractivity contribution in [1.82, 2.24) is 5.32 Å². The first-order chi connectivity index (χ1) is 14.2. The monoisotopic (exact) mass is 417 g/mol. The van der Waals surface area contributed by atoms with Crippen LogP contribution in [0.1, 0.15) is 53.4 Å². The first kappa shape index (κ1) is 21.7. The van der Waals surface area contributed by atoms with E-state index in [2.05, 4.69) is 19.2 Å². The van der Waals surface area contributed by atoms with Crippen molar-refractivity contribution in [2.45, 2.75) is 83.3 Å². The molecule has 0 saturated carbocycles. The van der Waals surface area contributed by atoms with Crippen molar-refractivity contribution in [3.05, 3.63) is 23.8 Å². The van der Waals surface area contributed by atoms with Gasteiger partial charge in [-0.15, -0.1) is 0 Å². The number of carbonyl (C=O) groups is 2. The van der Waals surface area contributed by atoms with Crippen molar-refractivity contribution < 1.29 is 24.2 Å². The number of aliphatic hydroxyl groups excluding tert-OH is 1. The summed E-state index contributed by atoms with van der Waals surface area (Å²) in [6, 6.07) is -0.118. The third-order valence-corrected chi connectivity index (χ3v) is 7.80. The molecule has 30 heavy (non-hydrogen) atoms. The number of nitrogens with one attached hydrogen (secondary N) is 1. The molecule has 0 aromatic rings. The quantitative estimate of drug-likeness (QED) is 0.419. The highest BCUT2D eigenvalue weighted by molar-refractivity contribution is 6.09. The molecule has 1 spiro atoms. The van der Waals surface area contributed by atoms with E-state index in [1.165, 1.54) is 0 Å². The number of epoxide rings is 1. The lowest BCUT2D eigenvalue weighted by Crippen LogP contribution is -2.55. The maximum Gasteiger partial charge on any atom is 0.235 e. The van der Waals surface area contributed by atoms with Crippen LogP contribution in [0.4, 0.5) is 0 Å². The van der Waals surface area contributed by atoms with Gasteiger partial charge < -0.3 is 19.9 Å². The molecule has 2 saturated heterocycles. The van der Waals surface area contributed by atoms with Crippen molar-refractivity contribution in [2.75, 3.05) is 7.11 Å². The van der Waals surface area contributed by atoms with Gasteiger partial charge >= 0.3 is 0 Å². The molecule has 166 valence electrons. The maximum absolute atomic E-state index is 14.0. The number of hydrogen-bond acceptors (Lipinski definition) is 5. The summed E-state index contributed by atoms with van der Waals surface area (Å²) in [5, 5.41) is 14.1. The molecule has 4 aliphatic rings. The van der Waals surface area contributed by atoms with E-state index in [1.807, 2.05) is 32.1 Å². The lowest BCUT2D eigenvalue weighted by molar-refractivity contribution is -0.149. The highest BCUT2D eigenvalue weighted by atomic mass is 16.6. The molecule has 0 bridgehead atoms. The second-order valence-corrected chi connectivity index (χ2v) is 10.1. The Hall–Kier alpha value is -1.50. The van der Waals surface area contributed by atoms with E-state index >= 15 is 0 Å². The van der Waals surface area contributed by atoms with Gasteiger partial charge in [0.15, 0.2) is 5.78 Å². The molecule has 6 heteroatoms. The molecular weight excluding hydrogens is 382 g/mol. The van der Waals surface area contributed by atoms with E-state index in [0.29, 0.717) is 5.92 Å². The zero-order valence-electron chi connectivity index (χ0n) is 18.7. The molecule has 4 rings (SSSR count). The van der Waals surface area contributed by atoms with Crippen molar-refractivity contribution >= 4 is 11.7 Å². The molecule has 8 unspecified atom stereocenters. The van der Waals surface area contributed by atoms with E-state index in [9.17, 15) is 14.7 Å². The number of Topliss-reactive ketones (excluding diaryl/α,β-unsaturated/α-hetero) is 1. The van der Waals surface area contributed by atoms with Crippen molar-refractivity contribution in [2.24, 2.45) is 23.2 Å². The fourth-order valence-electron chi connectivity index (χ4n) is 6.31. The second kappa shape index (κ2) is 7.57. The number of hydrogen-bond donors (Lipinski definition) is 2. The van der Waals surface area contributed by atoms with Gasteiger partial charge in [-0.3, -0.25) is 9.59 Å². The van der Waals surface area contributed by atoms with Gasteiger partial charge in [-0.1, -0.05) is 37.6 Å². The predicted octanol–water partition coefficient (Wildman–Crippen LogP) is 2.55. The topological polar surface area (TPSA) is 88.2 Å². The Morgan fingerprint density at radius 2 is 2.10 bits per heavy atom. The van der Waals surface area contributed by atoms with E-state index < -0.39 is 29.1 Å². The molecule has 2 aliphatic carbocycles. The van der Waals surface area contributed by atoms with Crippen LogP contribution in [0.3, 0.4) is 0 Å². The Balaban J connectivity index is 1.83. The van der Waals surface area contributed by atoms with Gasteiger partial charge in [0.05, 0.1) is 18.3 Å². The molecular formula is C24H35NO5. The second-order valence-electron chi connectivity index (χ2n) is 10.1. The number of aliphatic hydroxyl groups is 1. The van der Waals surface area contributed by atoms with Crippen LogP contribution in [0.25, 0.3) is 0 Å². The van der Waals surface area contributed by atoms with Gasteiger partial charge in [0.2, 0.25) is 5.91 Å². The lowest BCUT2D eigenvalue weighted by Gasteiger charge is -2.44. The molecule has 0 aromatic heterocycles. The van der Waals surface area contributed by atoms with Gasteiger partial charge in [0, 0.05) is 31.4 Å². The summed E-state index contributed by atoms with van der Waals surface area (Å²) in [5.41, 5.74) is -0.898. The first-order valence-electron chi connectivity index (χ1n) is 11.2. The number of allylic oxidation sites excluding steroid dienone is 1. The Morgan fingerprint density at radius 3 is 2.77 bits per heavy atom. The van der Waals surface area contributed by atoms with Crippen molar-refractivity contribution in [1.29, 1.82) is 0 Å². The molecule has 2 aliphatic heterocycles. The summed E-state index contributed by atoms with van der Waals surface area (Å²) >= 11 is 0. The highest BCUT2D eigenvalue weighted by Gasteiger charge is 2.67. The Bertz CT molecular complexity index is 788. The predicted molar refractivity (Wildman–Crippen MR) is 113 cm³/mol. The molecule has 6 nitrogen and oxygen atoms in total. The van der Waals surface area contributed by atoms with Gasteiger partial charge in [-0.2, -0.15) is 0 Å². The van der Waals surface area contributed by atoms with Crippen molar-refractivity contribution in [3.8, 4) is 0 Å². The first-order valence-corrected chi connectivity index (χ1v) is 11.2. The number of carbonyl (C=O) groups excluding carboxylic acids is 2. The van der Waals surface area contributed by atoms with Crippen LogP contribution in [0.15, 0.2) is 23.8 Å². The fourth-order valence-corrected chi connectivity index (χ4v) is 6.31. The molecule has 2 N–H and O–H groups in total. The normalized spacial score (nSPS) is 46.8. The van der Waals surface area contributed by atoms with E-state index in [0.717, 1.165) is 24.8 Å². The average molecular weight is 418 g/mol. The van der Waals surface area contributed by atoms with E-state index in [1.54, 1.807) is 7.11 Å². The number of rotatable bonds is 3. The minimum atomic E-state index is -1.31. The molecule has 2 heterocycles. The smallest absolute Gasteiger partial charge is 0.235 e. The molecule has 1 amide bonds. The maximum atomic E-state index is 14.0. The number of ether oxygens (including phenoxy) is 2. The van der Waals surface area contributed by atoms with Gasteiger partial charge in [-0.25, -0.2) is 0 Å². The molecule has 8 atom stereocenters. The molecule has 0 radical (unpaired) electrons. The molecule has 2 fully saturated rings. The summed E-state index contributed by atoms with van der Waals surface area (Å²) in [6.45, 7) is 8.18. The van der Waals surface area contributed by atoms with Gasteiger partial charge in [-0.05, 0) is 39.0 Å². The number of ketones is 1. The summed E-state index contributed by atoms with van der Waals surface area (Å²) in [7, 11) is 1.60. The minimum Gasteiger partial charge on any atom is -0.388 e. The summed E-state index contributed by atoms with van der Waals surface area (Å²) in [6.07, 6.45) is 7.02. The summed E-state index contributed by atoms with van der Waals surface area (Å²) in [5.74, 6) is -0.863. The number of amides is 1. The third-order valence-electron chi connectivity index (χ3n) is 7.80. The number of fused-ring (bicyclic) bond motifs is 1. The zero-order valence-corrected chi connectivity index (χ0v) is 18.7. The summed E-state index contributed by atoms with van der Waals surface area (Å²) in [4.78, 5) is 27.6. The highest BCUT2D eigenvalue weighted by Crippen LogP contribution is 2.55. The largest absolute Gasteiger partial charge is 0.388 e. The minimum absolute atomic E-state index is 0.0456. The Morgan fingerprint density at radius 1 is 1.37 bits per heavy atom. The van der Waals surface area contributed by atoms with Gasteiger partial charge in [0.1, 0.15) is 11.0 Å². The van der Waals surface area contributed by atoms with E-state index in [-0.39, 0.29) is 36.2 Å². The Kier molecular flexibility index (Phi) is 5.48. The van der Waals surface area contributed by atoms with Crippen LogP contribution in [0.2, 0.25) is 0 Å². The fraction of sp³-hybridized carbons (Fsp3) is 0.750. The molecule has 0 aromatic carbocycles. The zero-order chi connectivity index (χ0) is 21.8. The third kappa shape index (κ3) is 3.10. The Labute approximate surface area is 179 Å². The van der Waals surface area contributed by atoms with Crippen LogP contribution in [0, 0.1) is 23.2 Å². The van der Waals surface area contributed by atoms with Crippen LogP contribution in [-0.4, -0.2) is 53.9 Å². The van der Waals surface area contributed by atoms with Crippen LogP contribution >= 0.6 is 0 Å². The lowest BCUT2D eigenvalue weighted by atomic mass is 9.55. The standard InChI is InChI=1S/C24H35NO5/c1-13(2)10-16-21-14(3)11-17(26)15-8-6-7-9-19-23(4,30-19)20(29-5)12-18(27)24(15,21)22(28)25-16/h6,8,11,13,15-17,19-21,26H,7,9-10,12H2,1-5H3,(H,25,28)/b8-6+.